The third-order valence-electron chi connectivity index (χ3n) is 8.09. The predicted molar refractivity (Wildman–Crippen MR) is 164 cm³/mol. The monoisotopic (exact) mass is 573 g/mol. The summed E-state index contributed by atoms with van der Waals surface area (Å²) in [6.07, 6.45) is 5.36. The molecule has 0 radical (unpaired) electrons. The van der Waals surface area contributed by atoms with E-state index in [1.807, 2.05) is 30.3 Å². The van der Waals surface area contributed by atoms with E-state index in [2.05, 4.69) is 15.0 Å². The summed E-state index contributed by atoms with van der Waals surface area (Å²) in [4.78, 5) is 39.9. The number of aromatic amines is 1. The number of H-pyrrole nitrogens is 1. The molecule has 6 aromatic rings. The van der Waals surface area contributed by atoms with E-state index in [1.54, 1.807) is 56.8 Å². The highest BCUT2D eigenvalue weighted by atomic mass is 19.1. The van der Waals surface area contributed by atoms with Crippen molar-refractivity contribution in [1.82, 2.24) is 24.4 Å². The molecule has 1 saturated carbocycles. The molecule has 1 fully saturated rings. The van der Waals surface area contributed by atoms with Crippen molar-refractivity contribution in [2.75, 3.05) is 14.1 Å². The van der Waals surface area contributed by atoms with Crippen LogP contribution >= 0.6 is 0 Å². The van der Waals surface area contributed by atoms with E-state index < -0.39 is 11.4 Å². The van der Waals surface area contributed by atoms with Crippen LogP contribution in [0.1, 0.15) is 40.2 Å². The maximum Gasteiger partial charge on any atom is 0.265 e. The standard InChI is InChI=1S/C34H28FN5O3/c1-39(2)33(42)21-10-8-20(9-11-21)31-37-30-25(12-14-36-32(30)38-31)24-4-3-5-28(26(24)18-41)40-15-13-22-16-23(19-6-7-19)17-27(35)29(22)34(40)43/h3-5,8-17,19,41H,6-7,18H2,1-2H3,(H,36,37,38). The first-order valence-electron chi connectivity index (χ1n) is 14.1. The normalized spacial score (nSPS) is 13.1. The molecule has 2 N–H and O–H groups in total. The van der Waals surface area contributed by atoms with Gasteiger partial charge in [-0.25, -0.2) is 14.4 Å². The van der Waals surface area contributed by atoms with Gasteiger partial charge in [0, 0.05) is 48.7 Å². The number of amides is 1. The largest absolute Gasteiger partial charge is 0.392 e. The van der Waals surface area contributed by atoms with E-state index >= 15 is 4.39 Å². The number of aliphatic hydroxyl groups excluding tert-OH is 1. The molecule has 0 spiro atoms. The van der Waals surface area contributed by atoms with Gasteiger partial charge in [0.1, 0.15) is 11.6 Å². The third kappa shape index (κ3) is 4.58. The van der Waals surface area contributed by atoms with Crippen LogP contribution in [0.4, 0.5) is 4.39 Å². The van der Waals surface area contributed by atoms with Gasteiger partial charge in [-0.15, -0.1) is 0 Å². The number of nitrogens with zero attached hydrogens (tertiary/aromatic N) is 4. The first-order chi connectivity index (χ1) is 20.8. The molecule has 1 amide bonds. The minimum absolute atomic E-state index is 0.0315. The molecule has 0 saturated heterocycles. The van der Waals surface area contributed by atoms with Crippen LogP contribution in [-0.2, 0) is 6.61 Å². The van der Waals surface area contributed by atoms with Crippen LogP contribution in [-0.4, -0.2) is 49.5 Å². The molecular weight excluding hydrogens is 545 g/mol. The quantitative estimate of drug-likeness (QED) is 0.262. The van der Waals surface area contributed by atoms with Crippen LogP contribution < -0.4 is 5.56 Å². The second-order valence-electron chi connectivity index (χ2n) is 11.1. The second-order valence-corrected chi connectivity index (χ2v) is 11.1. The highest BCUT2D eigenvalue weighted by molar-refractivity contribution is 5.95. The van der Waals surface area contributed by atoms with Crippen LogP contribution in [0.2, 0.25) is 0 Å². The lowest BCUT2D eigenvalue weighted by Crippen LogP contribution is -2.21. The average molecular weight is 574 g/mol. The molecule has 214 valence electrons. The Morgan fingerprint density at radius 3 is 2.58 bits per heavy atom. The number of rotatable bonds is 6. The van der Waals surface area contributed by atoms with Crippen LogP contribution in [0.5, 0.6) is 0 Å². The Bertz CT molecular complexity index is 2110. The first-order valence-corrected chi connectivity index (χ1v) is 14.1. The summed E-state index contributed by atoms with van der Waals surface area (Å²) in [5, 5.41) is 11.2. The number of nitrogens with one attached hydrogen (secondary N) is 1. The number of pyridine rings is 2. The molecule has 0 unspecified atom stereocenters. The lowest BCUT2D eigenvalue weighted by molar-refractivity contribution is 0.0827. The van der Waals surface area contributed by atoms with Crippen LogP contribution in [0.25, 0.3) is 50.1 Å². The van der Waals surface area contributed by atoms with Crippen molar-refractivity contribution in [1.29, 1.82) is 0 Å². The predicted octanol–water partition coefficient (Wildman–Crippen LogP) is 5.81. The first kappa shape index (κ1) is 26.7. The van der Waals surface area contributed by atoms with Crippen LogP contribution in [0.15, 0.2) is 83.9 Å². The maximum absolute atomic E-state index is 15.2. The number of fused-ring (bicyclic) bond motifs is 2. The van der Waals surface area contributed by atoms with Gasteiger partial charge in [-0.1, -0.05) is 30.3 Å². The van der Waals surface area contributed by atoms with Gasteiger partial charge in [0.25, 0.3) is 11.5 Å². The number of carbonyl (C=O) groups excluding carboxylic acids is 1. The Morgan fingerprint density at radius 1 is 1.07 bits per heavy atom. The number of hydrogen-bond acceptors (Lipinski definition) is 5. The summed E-state index contributed by atoms with van der Waals surface area (Å²) in [6.45, 7) is -0.356. The lowest BCUT2D eigenvalue weighted by Gasteiger charge is -2.16. The minimum Gasteiger partial charge on any atom is -0.392 e. The fourth-order valence-electron chi connectivity index (χ4n) is 5.71. The fourth-order valence-corrected chi connectivity index (χ4v) is 5.71. The fraction of sp³-hybridized carbons (Fsp3) is 0.176. The topological polar surface area (TPSA) is 104 Å². The summed E-state index contributed by atoms with van der Waals surface area (Å²) >= 11 is 0. The molecule has 3 aromatic carbocycles. The van der Waals surface area contributed by atoms with Gasteiger partial charge >= 0.3 is 0 Å². The minimum atomic E-state index is -0.527. The number of aliphatic hydroxyl groups is 1. The van der Waals surface area contributed by atoms with Crippen molar-refractivity contribution in [3.05, 3.63) is 112 Å². The summed E-state index contributed by atoms with van der Waals surface area (Å²) in [6, 6.07) is 19.5. The average Bonchev–Trinajstić information content (AvgIpc) is 3.78. The number of hydrogen-bond donors (Lipinski definition) is 2. The molecule has 0 atom stereocenters. The molecular formula is C34H28FN5O3. The molecule has 0 aliphatic heterocycles. The van der Waals surface area contributed by atoms with E-state index in [9.17, 15) is 14.7 Å². The van der Waals surface area contributed by atoms with Gasteiger partial charge in [0.2, 0.25) is 0 Å². The molecule has 1 aliphatic carbocycles. The Hall–Kier alpha value is -5.15. The highest BCUT2D eigenvalue weighted by Gasteiger charge is 2.25. The van der Waals surface area contributed by atoms with E-state index in [0.29, 0.717) is 50.7 Å². The zero-order valence-corrected chi connectivity index (χ0v) is 23.6. The number of carbonyl (C=O) groups is 1. The van der Waals surface area contributed by atoms with Crippen molar-refractivity contribution in [3.63, 3.8) is 0 Å². The Kier molecular flexibility index (Phi) is 6.40. The third-order valence-corrected chi connectivity index (χ3v) is 8.09. The maximum atomic E-state index is 15.2. The highest BCUT2D eigenvalue weighted by Crippen LogP contribution is 2.41. The van der Waals surface area contributed by atoms with Gasteiger partial charge in [-0.05, 0) is 71.7 Å². The number of aromatic nitrogens is 4. The molecule has 3 aromatic heterocycles. The summed E-state index contributed by atoms with van der Waals surface area (Å²) < 4.78 is 16.6. The summed E-state index contributed by atoms with van der Waals surface area (Å²) in [5.74, 6) is 0.325. The molecule has 9 heteroatoms. The van der Waals surface area contributed by atoms with Gasteiger partial charge in [-0.2, -0.15) is 0 Å². The van der Waals surface area contributed by atoms with Gasteiger partial charge in [0.05, 0.1) is 23.2 Å². The van der Waals surface area contributed by atoms with E-state index in [-0.39, 0.29) is 17.9 Å². The molecule has 43 heavy (non-hydrogen) atoms. The van der Waals surface area contributed by atoms with E-state index in [0.717, 1.165) is 29.5 Å². The smallest absolute Gasteiger partial charge is 0.265 e. The molecule has 0 bridgehead atoms. The number of benzene rings is 3. The van der Waals surface area contributed by atoms with Gasteiger partial charge < -0.3 is 15.0 Å². The van der Waals surface area contributed by atoms with Crippen LogP contribution in [0, 0.1) is 5.82 Å². The van der Waals surface area contributed by atoms with Gasteiger partial charge in [-0.3, -0.25) is 14.2 Å². The van der Waals surface area contributed by atoms with Crippen molar-refractivity contribution >= 4 is 27.8 Å². The summed E-state index contributed by atoms with van der Waals surface area (Å²) in [5.41, 5.74) is 5.33. The molecule has 7 rings (SSSR count). The number of imidazole rings is 1. The van der Waals surface area contributed by atoms with Crippen molar-refractivity contribution in [2.24, 2.45) is 0 Å². The molecule has 8 nitrogen and oxygen atoms in total. The SMILES string of the molecule is CN(C)C(=O)c1ccc(-c2nc3nccc(-c4cccc(-n5ccc6cc(C7CC7)cc(F)c6c5=O)c4CO)c3[nH]2)cc1. The van der Waals surface area contributed by atoms with Crippen molar-refractivity contribution in [2.45, 2.75) is 25.4 Å². The van der Waals surface area contributed by atoms with Crippen molar-refractivity contribution < 1.29 is 14.3 Å². The van der Waals surface area contributed by atoms with E-state index in [4.69, 9.17) is 0 Å². The molecule has 1 aliphatic rings. The number of halogens is 1. The van der Waals surface area contributed by atoms with Gasteiger partial charge in [0.15, 0.2) is 5.65 Å². The van der Waals surface area contributed by atoms with E-state index in [1.165, 1.54) is 15.5 Å². The second kappa shape index (κ2) is 10.3. The summed E-state index contributed by atoms with van der Waals surface area (Å²) in [7, 11) is 3.41. The Labute approximate surface area is 246 Å². The Morgan fingerprint density at radius 2 is 1.86 bits per heavy atom. The Balaban J connectivity index is 1.33. The van der Waals surface area contributed by atoms with Crippen molar-refractivity contribution in [3.8, 4) is 28.2 Å². The zero-order chi connectivity index (χ0) is 29.8. The van der Waals surface area contributed by atoms with Crippen LogP contribution in [0.3, 0.4) is 0 Å². The molecule has 3 heterocycles. The lowest BCUT2D eigenvalue weighted by atomic mass is 9.98. The zero-order valence-electron chi connectivity index (χ0n) is 23.6.